The Kier molecular flexibility index (Phi) is 6.11. The van der Waals surface area contributed by atoms with Gasteiger partial charge in [-0.3, -0.25) is 14.2 Å². The minimum atomic E-state index is -0.661. The van der Waals surface area contributed by atoms with Gasteiger partial charge < -0.3 is 9.73 Å². The summed E-state index contributed by atoms with van der Waals surface area (Å²) in [6.07, 6.45) is 1.53. The molecule has 31 heavy (non-hydrogen) atoms. The number of carbonyl (C=O) groups excluding carboxylic acids is 1. The molecule has 0 radical (unpaired) electrons. The first-order valence-electron chi connectivity index (χ1n) is 9.37. The van der Waals surface area contributed by atoms with E-state index >= 15 is 0 Å². The lowest BCUT2D eigenvalue weighted by Crippen LogP contribution is -2.27. The maximum Gasteiger partial charge on any atom is 0.262 e. The smallest absolute Gasteiger partial charge is 0.262 e. The summed E-state index contributed by atoms with van der Waals surface area (Å²) in [5.41, 5.74) is 0.323. The molecule has 1 unspecified atom stereocenters. The Bertz CT molecular complexity index is 1310. The second-order valence-electron chi connectivity index (χ2n) is 6.76. The molecule has 0 spiro atoms. The van der Waals surface area contributed by atoms with Crippen LogP contribution in [0.2, 0.25) is 5.02 Å². The van der Waals surface area contributed by atoms with Crippen LogP contribution in [0.25, 0.3) is 10.9 Å². The van der Waals surface area contributed by atoms with Crippen molar-refractivity contribution in [2.45, 2.75) is 23.9 Å². The SMILES string of the molecule is CC(Sc1nc2ccccc2c(=O)n1Cc1ccco1)C(=O)Nc1ccc(Cl)cc1F. The molecule has 1 atom stereocenters. The fraction of sp³-hybridized carbons (Fsp3) is 0.136. The van der Waals surface area contributed by atoms with Gasteiger partial charge in [0, 0.05) is 5.02 Å². The third-order valence-corrected chi connectivity index (χ3v) is 5.89. The Morgan fingerprint density at radius 3 is 2.81 bits per heavy atom. The molecule has 1 amide bonds. The molecule has 0 aliphatic heterocycles. The number of halogens is 2. The average molecular weight is 458 g/mol. The summed E-state index contributed by atoms with van der Waals surface area (Å²) >= 11 is 6.86. The number of thioether (sulfide) groups is 1. The number of para-hydroxylation sites is 1. The standard InChI is InChI=1S/C22H17ClFN3O3S/c1-13(20(28)25-19-9-8-14(23)11-17(19)24)31-22-26-18-7-3-2-6-16(18)21(29)27(22)12-15-5-4-10-30-15/h2-11,13H,12H2,1H3,(H,25,28). The maximum absolute atomic E-state index is 14.0. The van der Waals surface area contributed by atoms with Gasteiger partial charge in [-0.15, -0.1) is 0 Å². The van der Waals surface area contributed by atoms with Crippen molar-refractivity contribution >= 4 is 45.9 Å². The third-order valence-electron chi connectivity index (χ3n) is 4.56. The highest BCUT2D eigenvalue weighted by Gasteiger charge is 2.21. The van der Waals surface area contributed by atoms with Crippen LogP contribution in [0.4, 0.5) is 10.1 Å². The number of rotatable bonds is 6. The van der Waals surface area contributed by atoms with Gasteiger partial charge in [-0.1, -0.05) is 35.5 Å². The number of nitrogens with zero attached hydrogens (tertiary/aromatic N) is 2. The molecular formula is C22H17ClFN3O3S. The van der Waals surface area contributed by atoms with Crippen molar-refractivity contribution in [1.29, 1.82) is 0 Å². The van der Waals surface area contributed by atoms with Gasteiger partial charge in [0.15, 0.2) is 5.16 Å². The molecule has 0 bridgehead atoms. The molecule has 4 rings (SSSR count). The van der Waals surface area contributed by atoms with Crippen LogP contribution in [0, 0.1) is 5.82 Å². The Balaban J connectivity index is 1.64. The average Bonchev–Trinajstić information content (AvgIpc) is 3.26. The van der Waals surface area contributed by atoms with E-state index in [0.717, 1.165) is 17.8 Å². The summed E-state index contributed by atoms with van der Waals surface area (Å²) in [7, 11) is 0. The van der Waals surface area contributed by atoms with Crippen LogP contribution in [-0.2, 0) is 11.3 Å². The number of furan rings is 1. The van der Waals surface area contributed by atoms with Crippen LogP contribution in [0.3, 0.4) is 0 Å². The molecule has 0 aliphatic carbocycles. The summed E-state index contributed by atoms with van der Waals surface area (Å²) in [6.45, 7) is 1.83. The van der Waals surface area contributed by atoms with E-state index in [4.69, 9.17) is 16.0 Å². The van der Waals surface area contributed by atoms with Crippen molar-refractivity contribution in [3.8, 4) is 0 Å². The minimum absolute atomic E-state index is 0.0290. The quantitative estimate of drug-likeness (QED) is 0.327. The Morgan fingerprint density at radius 1 is 1.26 bits per heavy atom. The van der Waals surface area contributed by atoms with Crippen LogP contribution in [-0.4, -0.2) is 20.7 Å². The number of aromatic nitrogens is 2. The monoisotopic (exact) mass is 457 g/mol. The molecule has 2 aromatic heterocycles. The second kappa shape index (κ2) is 8.95. The minimum Gasteiger partial charge on any atom is -0.467 e. The van der Waals surface area contributed by atoms with Crippen LogP contribution in [0.1, 0.15) is 12.7 Å². The van der Waals surface area contributed by atoms with Crippen LogP contribution >= 0.6 is 23.4 Å². The molecule has 0 saturated carbocycles. The molecule has 2 heterocycles. The first kappa shape index (κ1) is 21.1. The highest BCUT2D eigenvalue weighted by molar-refractivity contribution is 8.00. The van der Waals surface area contributed by atoms with Crippen LogP contribution in [0.5, 0.6) is 0 Å². The zero-order valence-electron chi connectivity index (χ0n) is 16.3. The number of benzene rings is 2. The first-order valence-corrected chi connectivity index (χ1v) is 10.6. The Labute approximate surface area is 186 Å². The number of nitrogens with one attached hydrogen (secondary N) is 1. The number of hydrogen-bond acceptors (Lipinski definition) is 5. The van der Waals surface area contributed by atoms with Crippen molar-refractivity contribution in [3.05, 3.63) is 87.8 Å². The van der Waals surface area contributed by atoms with Crippen LogP contribution < -0.4 is 10.9 Å². The number of hydrogen-bond donors (Lipinski definition) is 1. The number of amides is 1. The Hall–Kier alpha value is -3.10. The van der Waals surface area contributed by atoms with Gasteiger partial charge in [0.05, 0.1) is 34.6 Å². The Morgan fingerprint density at radius 2 is 2.06 bits per heavy atom. The molecular weight excluding hydrogens is 441 g/mol. The van der Waals surface area contributed by atoms with Gasteiger partial charge in [0.1, 0.15) is 11.6 Å². The summed E-state index contributed by atoms with van der Waals surface area (Å²) in [5, 5.41) is 2.95. The normalized spacial score (nSPS) is 12.1. The topological polar surface area (TPSA) is 77.1 Å². The van der Waals surface area contributed by atoms with E-state index in [1.807, 2.05) is 0 Å². The predicted octanol–water partition coefficient (Wildman–Crippen LogP) is 4.95. The largest absolute Gasteiger partial charge is 0.467 e. The van der Waals surface area contributed by atoms with Gasteiger partial charge in [0.2, 0.25) is 5.91 Å². The molecule has 1 N–H and O–H groups in total. The van der Waals surface area contributed by atoms with Crippen molar-refractivity contribution in [1.82, 2.24) is 9.55 Å². The van der Waals surface area contributed by atoms with E-state index in [2.05, 4.69) is 10.3 Å². The van der Waals surface area contributed by atoms with E-state index in [1.165, 1.54) is 23.0 Å². The lowest BCUT2D eigenvalue weighted by molar-refractivity contribution is -0.115. The summed E-state index contributed by atoms with van der Waals surface area (Å²) in [6, 6.07) is 14.5. The number of carbonyl (C=O) groups is 1. The molecule has 6 nitrogen and oxygen atoms in total. The van der Waals surface area contributed by atoms with Crippen LogP contribution in [0.15, 0.2) is 75.2 Å². The summed E-state index contributed by atoms with van der Waals surface area (Å²) < 4.78 is 20.9. The molecule has 158 valence electrons. The lowest BCUT2D eigenvalue weighted by Gasteiger charge is -2.16. The van der Waals surface area contributed by atoms with Crippen molar-refractivity contribution in [2.75, 3.05) is 5.32 Å². The van der Waals surface area contributed by atoms with Gasteiger partial charge in [-0.05, 0) is 49.4 Å². The lowest BCUT2D eigenvalue weighted by atomic mass is 10.2. The first-order chi connectivity index (χ1) is 14.9. The van der Waals surface area contributed by atoms with E-state index in [0.29, 0.717) is 21.8 Å². The molecule has 4 aromatic rings. The van der Waals surface area contributed by atoms with Crippen molar-refractivity contribution < 1.29 is 13.6 Å². The van der Waals surface area contributed by atoms with Gasteiger partial charge in [-0.2, -0.15) is 0 Å². The predicted molar refractivity (Wildman–Crippen MR) is 119 cm³/mol. The maximum atomic E-state index is 14.0. The fourth-order valence-corrected chi connectivity index (χ4v) is 4.04. The molecule has 0 saturated heterocycles. The zero-order chi connectivity index (χ0) is 22.0. The fourth-order valence-electron chi connectivity index (χ4n) is 2.97. The van der Waals surface area contributed by atoms with Crippen molar-refractivity contribution in [3.63, 3.8) is 0 Å². The van der Waals surface area contributed by atoms with E-state index in [-0.39, 0.29) is 22.8 Å². The summed E-state index contributed by atoms with van der Waals surface area (Å²) in [5.74, 6) is -0.476. The number of fused-ring (bicyclic) bond motifs is 1. The highest BCUT2D eigenvalue weighted by Crippen LogP contribution is 2.25. The highest BCUT2D eigenvalue weighted by atomic mass is 35.5. The van der Waals surface area contributed by atoms with Gasteiger partial charge in [0.25, 0.3) is 5.56 Å². The van der Waals surface area contributed by atoms with E-state index in [1.54, 1.807) is 43.3 Å². The van der Waals surface area contributed by atoms with E-state index < -0.39 is 17.0 Å². The zero-order valence-corrected chi connectivity index (χ0v) is 17.9. The second-order valence-corrected chi connectivity index (χ2v) is 8.50. The molecule has 0 fully saturated rings. The van der Waals surface area contributed by atoms with Crippen molar-refractivity contribution in [2.24, 2.45) is 0 Å². The molecule has 9 heteroatoms. The summed E-state index contributed by atoms with van der Waals surface area (Å²) in [4.78, 5) is 30.4. The molecule has 0 aliphatic rings. The van der Waals surface area contributed by atoms with Gasteiger partial charge >= 0.3 is 0 Å². The number of anilines is 1. The van der Waals surface area contributed by atoms with E-state index in [9.17, 15) is 14.0 Å². The molecule has 2 aromatic carbocycles. The third kappa shape index (κ3) is 4.65. The van der Waals surface area contributed by atoms with Gasteiger partial charge in [-0.25, -0.2) is 9.37 Å².